The highest BCUT2D eigenvalue weighted by Crippen LogP contribution is 2.05. The van der Waals surface area contributed by atoms with Crippen LogP contribution < -0.4 is 27.2 Å². The van der Waals surface area contributed by atoms with E-state index in [2.05, 4.69) is 39.5 Å². The molecule has 0 saturated carbocycles. The molecular formula is C19H25N5O. The van der Waals surface area contributed by atoms with Crippen LogP contribution in [0.1, 0.15) is 24.6 Å². The first-order valence-corrected chi connectivity index (χ1v) is 8.23. The van der Waals surface area contributed by atoms with Crippen LogP contribution in [0.25, 0.3) is 12.7 Å². The van der Waals surface area contributed by atoms with Gasteiger partial charge in [0.25, 0.3) is 5.56 Å². The molecule has 6 heteroatoms. The zero-order valence-electron chi connectivity index (χ0n) is 15.0. The zero-order chi connectivity index (χ0) is 18.4. The molecule has 0 fully saturated rings. The number of aromatic amines is 1. The topological polar surface area (TPSA) is 89.1 Å². The summed E-state index contributed by atoms with van der Waals surface area (Å²) in [5.41, 5.74) is 9.28. The summed E-state index contributed by atoms with van der Waals surface area (Å²) in [6.45, 7) is 8.92. The second kappa shape index (κ2) is 8.39. The smallest absolute Gasteiger partial charge is 0.271 e. The van der Waals surface area contributed by atoms with Gasteiger partial charge in [-0.1, -0.05) is 18.7 Å². The number of nitrogens with zero attached hydrogens (tertiary/aromatic N) is 3. The maximum Gasteiger partial charge on any atom is 0.271 e. The summed E-state index contributed by atoms with van der Waals surface area (Å²) in [5.74, 6) is 0. The summed E-state index contributed by atoms with van der Waals surface area (Å²) in [5, 5.41) is 7.54. The maximum absolute atomic E-state index is 11.8. The quantitative estimate of drug-likeness (QED) is 0.809. The molecule has 0 amide bonds. The van der Waals surface area contributed by atoms with Crippen molar-refractivity contribution in [2.75, 3.05) is 7.05 Å². The first kappa shape index (κ1) is 18.6. The number of aryl methyl sites for hydroxylation is 2. The number of hydrogen-bond donors (Lipinski definition) is 2. The van der Waals surface area contributed by atoms with Gasteiger partial charge in [-0.15, -0.1) is 0 Å². The third kappa shape index (κ3) is 4.42. The second-order valence-electron chi connectivity index (χ2n) is 5.84. The molecule has 3 N–H and O–H groups in total. The summed E-state index contributed by atoms with van der Waals surface area (Å²) in [6, 6.07) is 4.06. The van der Waals surface area contributed by atoms with Gasteiger partial charge in [0.15, 0.2) is 0 Å². The molecule has 0 spiro atoms. The minimum absolute atomic E-state index is 0.244. The highest BCUT2D eigenvalue weighted by Gasteiger charge is 2.02. The van der Waals surface area contributed by atoms with Gasteiger partial charge in [-0.2, -0.15) is 5.10 Å². The Labute approximate surface area is 146 Å². The molecule has 0 aromatic carbocycles. The van der Waals surface area contributed by atoms with Crippen LogP contribution in [-0.2, 0) is 13.1 Å². The van der Waals surface area contributed by atoms with E-state index in [4.69, 9.17) is 5.73 Å². The maximum atomic E-state index is 11.8. The van der Waals surface area contributed by atoms with Crippen LogP contribution in [0.15, 0.2) is 39.8 Å². The fraction of sp³-hybridized carbons (Fsp3) is 0.316. The van der Waals surface area contributed by atoms with E-state index < -0.39 is 0 Å². The Kier molecular flexibility index (Phi) is 6.25. The number of nitrogens with one attached hydrogen (secondary N) is 1. The molecule has 0 radical (unpaired) electrons. The van der Waals surface area contributed by atoms with Crippen molar-refractivity contribution in [2.45, 2.75) is 33.4 Å². The number of allylic oxidation sites excluding steroid dienone is 2. The molecular weight excluding hydrogens is 314 g/mol. The van der Waals surface area contributed by atoms with E-state index >= 15 is 0 Å². The molecule has 0 aliphatic carbocycles. The van der Waals surface area contributed by atoms with E-state index in [1.807, 2.05) is 31.2 Å². The standard InChI is InChI=1S/C19H25N5O/c1-5-15(8-9-24-12-13(2)6-7-18(24)21-4)10-16-14(3)19(25)23-22-17(16)11-20/h5-7,10,12H,3,8-9,11,20H2,1-2,4H3,(H,23,25)/b15-5-,16-10+,21-18-. The molecule has 25 heavy (non-hydrogen) atoms. The molecule has 2 aromatic heterocycles. The molecule has 2 rings (SSSR count). The summed E-state index contributed by atoms with van der Waals surface area (Å²) in [4.78, 5) is 16.1. The molecule has 132 valence electrons. The van der Waals surface area contributed by atoms with Crippen molar-refractivity contribution in [3.05, 3.63) is 67.5 Å². The van der Waals surface area contributed by atoms with Gasteiger partial charge >= 0.3 is 0 Å². The molecule has 0 atom stereocenters. The van der Waals surface area contributed by atoms with Crippen LogP contribution >= 0.6 is 0 Å². The molecule has 6 nitrogen and oxygen atoms in total. The van der Waals surface area contributed by atoms with Gasteiger partial charge < -0.3 is 10.3 Å². The van der Waals surface area contributed by atoms with Crippen LogP contribution in [0.4, 0.5) is 0 Å². The third-order valence-electron chi connectivity index (χ3n) is 4.12. The average molecular weight is 339 g/mol. The molecule has 0 saturated heterocycles. The minimum atomic E-state index is -0.293. The van der Waals surface area contributed by atoms with Crippen LogP contribution in [0.5, 0.6) is 0 Å². The first-order chi connectivity index (χ1) is 12.0. The molecule has 0 aliphatic rings. The Bertz CT molecular complexity index is 1010. The van der Waals surface area contributed by atoms with E-state index in [1.165, 1.54) is 5.56 Å². The Morgan fingerprint density at radius 3 is 2.88 bits per heavy atom. The predicted molar refractivity (Wildman–Crippen MR) is 101 cm³/mol. The van der Waals surface area contributed by atoms with Crippen LogP contribution in [-0.4, -0.2) is 21.8 Å². The van der Waals surface area contributed by atoms with E-state index in [1.54, 1.807) is 7.05 Å². The van der Waals surface area contributed by atoms with Crippen molar-refractivity contribution in [1.29, 1.82) is 0 Å². The van der Waals surface area contributed by atoms with Crippen LogP contribution in [0.3, 0.4) is 0 Å². The lowest BCUT2D eigenvalue weighted by molar-refractivity contribution is 0.657. The number of aromatic nitrogens is 3. The zero-order valence-corrected chi connectivity index (χ0v) is 15.0. The fourth-order valence-corrected chi connectivity index (χ4v) is 2.64. The number of rotatable bonds is 5. The summed E-state index contributed by atoms with van der Waals surface area (Å²) in [7, 11) is 1.79. The van der Waals surface area contributed by atoms with Gasteiger partial charge in [-0.25, -0.2) is 5.10 Å². The molecule has 2 aromatic rings. The van der Waals surface area contributed by atoms with Gasteiger partial charge in [0.05, 0.1) is 5.69 Å². The minimum Gasteiger partial charge on any atom is -0.333 e. The molecule has 0 bridgehead atoms. The Balaban J connectivity index is 2.38. The number of H-pyrrole nitrogens is 1. The number of hydrogen-bond acceptors (Lipinski definition) is 4. The lowest BCUT2D eigenvalue weighted by Gasteiger charge is -2.09. The molecule has 2 heterocycles. The second-order valence-corrected chi connectivity index (χ2v) is 5.84. The number of nitrogens with two attached hydrogens (primary N) is 1. The predicted octanol–water partition coefficient (Wildman–Crippen LogP) is 0.0964. The van der Waals surface area contributed by atoms with Crippen molar-refractivity contribution in [1.82, 2.24) is 14.8 Å². The lowest BCUT2D eigenvalue weighted by atomic mass is 10.1. The van der Waals surface area contributed by atoms with E-state index in [0.717, 1.165) is 24.0 Å². The van der Waals surface area contributed by atoms with Crippen molar-refractivity contribution in [3.63, 3.8) is 0 Å². The SMILES string of the molecule is C=c1c(=O)[nH]nc(CN)/c1=C/C(=C\C)CCn1cc(C)cc/c1=N/C. The monoisotopic (exact) mass is 339 g/mol. The molecule has 0 unspecified atom stereocenters. The lowest BCUT2D eigenvalue weighted by Crippen LogP contribution is -2.43. The summed E-state index contributed by atoms with van der Waals surface area (Å²) in [6.07, 6.45) is 6.86. The van der Waals surface area contributed by atoms with Gasteiger partial charge in [0.1, 0.15) is 5.49 Å². The fourth-order valence-electron chi connectivity index (χ4n) is 2.64. The first-order valence-electron chi connectivity index (χ1n) is 8.23. The van der Waals surface area contributed by atoms with E-state index in [0.29, 0.717) is 16.1 Å². The van der Waals surface area contributed by atoms with Crippen molar-refractivity contribution in [3.8, 4) is 0 Å². The molecule has 0 aliphatic heterocycles. The van der Waals surface area contributed by atoms with Crippen molar-refractivity contribution in [2.24, 2.45) is 10.7 Å². The normalized spacial score (nSPS) is 13.5. The van der Waals surface area contributed by atoms with Crippen molar-refractivity contribution < 1.29 is 0 Å². The van der Waals surface area contributed by atoms with E-state index in [-0.39, 0.29) is 12.1 Å². The van der Waals surface area contributed by atoms with Gasteiger partial charge in [-0.3, -0.25) is 9.79 Å². The summed E-state index contributed by atoms with van der Waals surface area (Å²) < 4.78 is 2.12. The van der Waals surface area contributed by atoms with Gasteiger partial charge in [0, 0.05) is 36.8 Å². The van der Waals surface area contributed by atoms with E-state index in [9.17, 15) is 4.79 Å². The largest absolute Gasteiger partial charge is 0.333 e. The Hall–Kier alpha value is -2.73. The van der Waals surface area contributed by atoms with Gasteiger partial charge in [0.2, 0.25) is 0 Å². The Morgan fingerprint density at radius 2 is 2.24 bits per heavy atom. The Morgan fingerprint density at radius 1 is 1.48 bits per heavy atom. The van der Waals surface area contributed by atoms with Gasteiger partial charge in [-0.05, 0) is 43.5 Å². The van der Waals surface area contributed by atoms with Crippen LogP contribution in [0.2, 0.25) is 0 Å². The van der Waals surface area contributed by atoms with Crippen LogP contribution in [0, 0.1) is 6.92 Å². The third-order valence-corrected chi connectivity index (χ3v) is 4.12. The number of pyridine rings is 1. The van der Waals surface area contributed by atoms with Crippen molar-refractivity contribution >= 4 is 12.7 Å². The average Bonchev–Trinajstić information content (AvgIpc) is 2.62. The summed E-state index contributed by atoms with van der Waals surface area (Å²) >= 11 is 0. The highest BCUT2D eigenvalue weighted by molar-refractivity contribution is 5.47. The highest BCUT2D eigenvalue weighted by atomic mass is 16.1.